The molecule has 170 valence electrons. The Morgan fingerprint density at radius 2 is 1.74 bits per heavy atom. The van der Waals surface area contributed by atoms with Gasteiger partial charge in [-0.2, -0.15) is 11.8 Å². The first-order valence-electron chi connectivity index (χ1n) is 10.8. The highest BCUT2D eigenvalue weighted by Gasteiger charge is 2.42. The Morgan fingerprint density at radius 3 is 2.42 bits per heavy atom. The van der Waals surface area contributed by atoms with Gasteiger partial charge in [0.1, 0.15) is 5.84 Å². The molecule has 0 spiro atoms. The predicted molar refractivity (Wildman–Crippen MR) is 117 cm³/mol. The molecule has 2 fully saturated rings. The fourth-order valence-corrected chi connectivity index (χ4v) is 5.49. The van der Waals surface area contributed by atoms with E-state index in [1.54, 1.807) is 0 Å². The van der Waals surface area contributed by atoms with Gasteiger partial charge in [0.15, 0.2) is 0 Å². The summed E-state index contributed by atoms with van der Waals surface area (Å²) in [4.78, 5) is 48.0. The minimum absolute atomic E-state index is 0.0880. The minimum Gasteiger partial charge on any atom is -0.332 e. The number of nitrogens with one attached hydrogen (secondary N) is 5. The third-order valence-corrected chi connectivity index (χ3v) is 7.16. The van der Waals surface area contributed by atoms with E-state index in [2.05, 4.69) is 21.5 Å². The Balaban J connectivity index is 1.16. The van der Waals surface area contributed by atoms with Gasteiger partial charge in [0.2, 0.25) is 11.8 Å². The van der Waals surface area contributed by atoms with Crippen LogP contribution in [0, 0.1) is 5.41 Å². The largest absolute Gasteiger partial charge is 0.332 e. The van der Waals surface area contributed by atoms with E-state index >= 15 is 0 Å². The van der Waals surface area contributed by atoms with Crippen LogP contribution < -0.4 is 21.5 Å². The Bertz CT molecular complexity index is 740. The molecule has 0 aromatic heterocycles. The fourth-order valence-electron chi connectivity index (χ4n) is 3.95. The molecule has 3 atom stereocenters. The number of amides is 5. The smallest absolute Gasteiger partial charge is 0.315 e. The lowest BCUT2D eigenvalue weighted by molar-refractivity contribution is -0.129. The molecule has 0 aromatic rings. The van der Waals surface area contributed by atoms with Crippen molar-refractivity contribution in [2.45, 2.75) is 68.7 Å². The van der Waals surface area contributed by atoms with Gasteiger partial charge in [-0.3, -0.25) is 35.5 Å². The monoisotopic (exact) mass is 450 g/mol. The van der Waals surface area contributed by atoms with Gasteiger partial charge in [-0.1, -0.05) is 12.8 Å². The second-order valence-corrected chi connectivity index (χ2v) is 9.26. The zero-order chi connectivity index (χ0) is 22.2. The van der Waals surface area contributed by atoms with E-state index in [4.69, 9.17) is 5.41 Å². The van der Waals surface area contributed by atoms with Gasteiger partial charge in [-0.15, -0.1) is 0 Å². The van der Waals surface area contributed by atoms with Crippen molar-refractivity contribution >= 4 is 41.4 Å². The van der Waals surface area contributed by atoms with E-state index in [-0.39, 0.29) is 41.7 Å². The van der Waals surface area contributed by atoms with Crippen LogP contribution >= 0.6 is 11.8 Å². The van der Waals surface area contributed by atoms with Crippen molar-refractivity contribution in [1.82, 2.24) is 26.4 Å². The van der Waals surface area contributed by atoms with Crippen molar-refractivity contribution < 1.29 is 19.2 Å². The summed E-state index contributed by atoms with van der Waals surface area (Å²) < 4.78 is 0. The van der Waals surface area contributed by atoms with Crippen LogP contribution in [-0.4, -0.2) is 64.1 Å². The number of hydrogen-bond donors (Lipinski definition) is 5. The molecule has 0 saturated carbocycles. The van der Waals surface area contributed by atoms with Gasteiger partial charge in [-0.25, -0.2) is 4.79 Å². The number of hydrazine groups is 1. The van der Waals surface area contributed by atoms with Crippen LogP contribution in [0.3, 0.4) is 0 Å². The van der Waals surface area contributed by atoms with E-state index in [0.29, 0.717) is 31.1 Å². The highest BCUT2D eigenvalue weighted by atomic mass is 32.2. The highest BCUT2D eigenvalue weighted by molar-refractivity contribution is 8.00. The number of carbonyl (C=O) groups excluding carboxylic acids is 4. The molecule has 0 bridgehead atoms. The van der Waals surface area contributed by atoms with Crippen molar-refractivity contribution in [3.63, 3.8) is 0 Å². The lowest BCUT2D eigenvalue weighted by Gasteiger charge is -2.16. The maximum Gasteiger partial charge on any atom is 0.315 e. The quantitative estimate of drug-likeness (QED) is 0.180. The highest BCUT2D eigenvalue weighted by Crippen LogP contribution is 2.33. The summed E-state index contributed by atoms with van der Waals surface area (Å²) in [7, 11) is 0. The molecule has 11 heteroatoms. The summed E-state index contributed by atoms with van der Waals surface area (Å²) in [5.74, 6) is 0.522. The van der Waals surface area contributed by atoms with Gasteiger partial charge < -0.3 is 10.6 Å². The number of thioether (sulfide) groups is 1. The van der Waals surface area contributed by atoms with Crippen LogP contribution in [0.4, 0.5) is 4.79 Å². The van der Waals surface area contributed by atoms with Crippen molar-refractivity contribution in [2.75, 3.05) is 12.3 Å². The Kier molecular flexibility index (Phi) is 8.33. The molecule has 2 saturated heterocycles. The maximum absolute atomic E-state index is 11.9. The average Bonchev–Trinajstić information content (AvgIpc) is 3.39. The molecule has 5 N–H and O–H groups in total. The van der Waals surface area contributed by atoms with Crippen molar-refractivity contribution in [2.24, 2.45) is 0 Å². The first kappa shape index (κ1) is 23.1. The number of urea groups is 1. The second kappa shape index (κ2) is 11.2. The number of rotatable bonds is 11. The maximum atomic E-state index is 11.9. The van der Waals surface area contributed by atoms with Gasteiger partial charge in [0.05, 0.1) is 12.1 Å². The molecule has 3 rings (SSSR count). The SMILES string of the molecule is N=C1C=CC(=O)N1CCCCCC(=O)NNC(=O)CCCCC1SC[C@@H]2NC(=O)N[C@H]12. The third kappa shape index (κ3) is 6.71. The van der Waals surface area contributed by atoms with Crippen molar-refractivity contribution in [1.29, 1.82) is 5.41 Å². The van der Waals surface area contributed by atoms with Gasteiger partial charge in [0, 0.05) is 36.5 Å². The molecule has 31 heavy (non-hydrogen) atoms. The molecule has 3 aliphatic heterocycles. The summed E-state index contributed by atoms with van der Waals surface area (Å²) >= 11 is 1.86. The Labute approximate surface area is 185 Å². The van der Waals surface area contributed by atoms with Crippen LogP contribution in [0.25, 0.3) is 0 Å². The van der Waals surface area contributed by atoms with Crippen LogP contribution in [-0.2, 0) is 14.4 Å². The molecule has 3 aliphatic rings. The first-order chi connectivity index (χ1) is 14.9. The first-order valence-corrected chi connectivity index (χ1v) is 11.8. The number of nitrogens with zero attached hydrogens (tertiary/aromatic N) is 1. The fraction of sp³-hybridized carbons (Fsp3) is 0.650. The molecular formula is C20H30N6O4S. The normalized spacial score (nSPS) is 24.2. The minimum atomic E-state index is -0.238. The van der Waals surface area contributed by atoms with E-state index in [1.807, 2.05) is 11.8 Å². The predicted octanol–water partition coefficient (Wildman–Crippen LogP) is 0.796. The summed E-state index contributed by atoms with van der Waals surface area (Å²) in [6.07, 6.45) is 8.21. The molecule has 3 heterocycles. The lowest BCUT2D eigenvalue weighted by atomic mass is 10.0. The van der Waals surface area contributed by atoms with E-state index in [9.17, 15) is 19.2 Å². The summed E-state index contributed by atoms with van der Waals surface area (Å²) in [6, 6.07) is 0.314. The van der Waals surface area contributed by atoms with E-state index < -0.39 is 0 Å². The van der Waals surface area contributed by atoms with Crippen LogP contribution in [0.5, 0.6) is 0 Å². The van der Waals surface area contributed by atoms with Gasteiger partial charge in [-0.05, 0) is 31.8 Å². The van der Waals surface area contributed by atoms with Crippen molar-refractivity contribution in [3.8, 4) is 0 Å². The van der Waals surface area contributed by atoms with Gasteiger partial charge >= 0.3 is 6.03 Å². The lowest BCUT2D eigenvalue weighted by Crippen LogP contribution is -2.41. The Hall–Kier alpha value is -2.56. The number of fused-ring (bicyclic) bond motifs is 1. The van der Waals surface area contributed by atoms with Crippen LogP contribution in [0.1, 0.15) is 51.4 Å². The molecule has 10 nitrogen and oxygen atoms in total. The number of carbonyl (C=O) groups is 4. The van der Waals surface area contributed by atoms with E-state index in [1.165, 1.54) is 17.1 Å². The average molecular weight is 451 g/mol. The summed E-state index contributed by atoms with van der Waals surface area (Å²) in [6.45, 7) is 0.479. The zero-order valence-corrected chi connectivity index (χ0v) is 18.3. The third-order valence-electron chi connectivity index (χ3n) is 5.65. The number of hydrogen-bond acceptors (Lipinski definition) is 6. The second-order valence-electron chi connectivity index (χ2n) is 7.98. The summed E-state index contributed by atoms with van der Waals surface area (Å²) in [5, 5.41) is 13.9. The number of unbranched alkanes of at least 4 members (excludes halogenated alkanes) is 3. The standard InChI is InChI=1S/C20H30N6O4S/c21-15-9-10-18(29)26(15)11-5-1-2-7-16(27)24-25-17(28)8-4-3-6-14-19-13(12-31-14)22-20(30)23-19/h9-10,13-14,19,21H,1-8,11-12H2,(H,24,27)(H,25,28)(H2,22,23,30)/t13-,14?,19-/m0/s1. The molecule has 0 aromatic carbocycles. The molecule has 1 unspecified atom stereocenters. The topological polar surface area (TPSA) is 143 Å². The zero-order valence-electron chi connectivity index (χ0n) is 17.4. The van der Waals surface area contributed by atoms with Gasteiger partial charge in [0.25, 0.3) is 5.91 Å². The summed E-state index contributed by atoms with van der Waals surface area (Å²) in [5.41, 5.74) is 4.89. The van der Waals surface area contributed by atoms with E-state index in [0.717, 1.165) is 37.9 Å². The molecule has 0 aliphatic carbocycles. The molecule has 5 amide bonds. The number of amidine groups is 1. The molecule has 0 radical (unpaired) electrons. The van der Waals surface area contributed by atoms with Crippen LogP contribution in [0.15, 0.2) is 12.2 Å². The Morgan fingerprint density at radius 1 is 1.03 bits per heavy atom. The van der Waals surface area contributed by atoms with Crippen LogP contribution in [0.2, 0.25) is 0 Å². The van der Waals surface area contributed by atoms with Crippen molar-refractivity contribution in [3.05, 3.63) is 12.2 Å². The molecular weight excluding hydrogens is 420 g/mol.